The van der Waals surface area contributed by atoms with E-state index in [0.29, 0.717) is 10.4 Å². The van der Waals surface area contributed by atoms with Crippen LogP contribution in [0.15, 0.2) is 42.5 Å². The first kappa shape index (κ1) is 20.4. The molecule has 3 aromatic rings. The predicted octanol–water partition coefficient (Wildman–Crippen LogP) is 5.77. The highest BCUT2D eigenvalue weighted by Gasteiger charge is 2.22. The molecule has 1 aliphatic heterocycles. The average Bonchev–Trinajstić information content (AvgIpc) is 2.67. The molecule has 4 nitrogen and oxygen atoms in total. The lowest BCUT2D eigenvalue weighted by Crippen LogP contribution is -2.48. The molecule has 0 unspecified atom stereocenters. The maximum atomic E-state index is 6.23. The Kier molecular flexibility index (Phi) is 5.69. The van der Waals surface area contributed by atoms with Gasteiger partial charge in [0.25, 0.3) is 0 Å². The molecule has 0 bridgehead atoms. The minimum Gasteiger partial charge on any atom is -0.369 e. The third kappa shape index (κ3) is 4.82. The number of hydrogen-bond acceptors (Lipinski definition) is 4. The number of aromatic nitrogens is 2. The third-order valence-corrected chi connectivity index (χ3v) is 5.59. The SMILES string of the molecule is CC(C)(C)CN1CCN(c2cccc(-c3nc(Cl)nc4ccc(Cl)cc34)c2)CC1. The Bertz CT molecular complexity index is 1020. The Morgan fingerprint density at radius 1 is 0.931 bits per heavy atom. The van der Waals surface area contributed by atoms with Crippen molar-refractivity contribution < 1.29 is 0 Å². The molecule has 2 aromatic carbocycles. The smallest absolute Gasteiger partial charge is 0.223 e. The van der Waals surface area contributed by atoms with Crippen molar-refractivity contribution in [1.82, 2.24) is 14.9 Å². The zero-order valence-corrected chi connectivity index (χ0v) is 18.6. The fourth-order valence-corrected chi connectivity index (χ4v) is 4.32. The molecule has 1 fully saturated rings. The molecule has 0 atom stereocenters. The molecular formula is C23H26Cl2N4. The Balaban J connectivity index is 1.61. The number of fused-ring (bicyclic) bond motifs is 1. The van der Waals surface area contributed by atoms with Crippen molar-refractivity contribution >= 4 is 39.8 Å². The molecule has 2 heterocycles. The second kappa shape index (κ2) is 8.10. The largest absolute Gasteiger partial charge is 0.369 e. The molecule has 1 saturated heterocycles. The summed E-state index contributed by atoms with van der Waals surface area (Å²) in [5.41, 5.74) is 4.18. The molecule has 0 amide bonds. The first-order valence-corrected chi connectivity index (χ1v) is 10.7. The van der Waals surface area contributed by atoms with Crippen molar-refractivity contribution in [3.63, 3.8) is 0 Å². The summed E-state index contributed by atoms with van der Waals surface area (Å²) in [6.07, 6.45) is 0. The van der Waals surface area contributed by atoms with Crippen molar-refractivity contribution in [2.45, 2.75) is 20.8 Å². The highest BCUT2D eigenvalue weighted by molar-refractivity contribution is 6.31. The van der Waals surface area contributed by atoms with Gasteiger partial charge in [0.05, 0.1) is 11.2 Å². The minimum absolute atomic E-state index is 0.246. The first-order valence-electron chi connectivity index (χ1n) is 9.99. The minimum atomic E-state index is 0.246. The number of hydrogen-bond donors (Lipinski definition) is 0. The van der Waals surface area contributed by atoms with Crippen LogP contribution in [-0.4, -0.2) is 47.6 Å². The quantitative estimate of drug-likeness (QED) is 0.495. The normalized spacial score (nSPS) is 15.8. The Labute approximate surface area is 182 Å². The Morgan fingerprint density at radius 3 is 2.41 bits per heavy atom. The van der Waals surface area contributed by atoms with Gasteiger partial charge in [-0.25, -0.2) is 9.97 Å². The molecule has 29 heavy (non-hydrogen) atoms. The van der Waals surface area contributed by atoms with Crippen molar-refractivity contribution in [2.24, 2.45) is 5.41 Å². The average molecular weight is 429 g/mol. The van der Waals surface area contributed by atoms with Gasteiger partial charge >= 0.3 is 0 Å². The van der Waals surface area contributed by atoms with Crippen molar-refractivity contribution in [3.8, 4) is 11.3 Å². The molecule has 0 saturated carbocycles. The van der Waals surface area contributed by atoms with Gasteiger partial charge in [0.2, 0.25) is 5.28 Å². The summed E-state index contributed by atoms with van der Waals surface area (Å²) in [4.78, 5) is 13.9. The molecule has 0 N–H and O–H groups in total. The van der Waals surface area contributed by atoms with Gasteiger partial charge in [-0.15, -0.1) is 0 Å². The van der Waals surface area contributed by atoms with Crippen molar-refractivity contribution in [1.29, 1.82) is 0 Å². The zero-order valence-electron chi connectivity index (χ0n) is 17.1. The summed E-state index contributed by atoms with van der Waals surface area (Å²) in [6, 6.07) is 14.1. The van der Waals surface area contributed by atoms with Gasteiger partial charge < -0.3 is 4.90 Å². The zero-order chi connectivity index (χ0) is 20.6. The van der Waals surface area contributed by atoms with Crippen LogP contribution in [0.1, 0.15) is 20.8 Å². The maximum Gasteiger partial charge on any atom is 0.223 e. The van der Waals surface area contributed by atoms with Crippen LogP contribution in [0, 0.1) is 5.41 Å². The molecule has 6 heteroatoms. The molecule has 0 spiro atoms. The van der Waals surface area contributed by atoms with E-state index < -0.39 is 0 Å². The van der Waals surface area contributed by atoms with E-state index in [0.717, 1.165) is 54.9 Å². The van der Waals surface area contributed by atoms with Gasteiger partial charge in [-0.1, -0.05) is 44.5 Å². The van der Waals surface area contributed by atoms with E-state index in [1.54, 1.807) is 0 Å². The summed E-state index contributed by atoms with van der Waals surface area (Å²) < 4.78 is 0. The van der Waals surface area contributed by atoms with E-state index in [2.05, 4.69) is 64.8 Å². The molecule has 0 aliphatic carbocycles. The van der Waals surface area contributed by atoms with E-state index in [-0.39, 0.29) is 5.28 Å². The highest BCUT2D eigenvalue weighted by atomic mass is 35.5. The first-order chi connectivity index (χ1) is 13.8. The number of halogens is 2. The topological polar surface area (TPSA) is 32.3 Å². The predicted molar refractivity (Wildman–Crippen MR) is 123 cm³/mol. The summed E-state index contributed by atoms with van der Waals surface area (Å²) >= 11 is 12.4. The van der Waals surface area contributed by atoms with Gasteiger partial charge in [0.15, 0.2) is 0 Å². The van der Waals surface area contributed by atoms with Gasteiger partial charge in [0, 0.05) is 54.4 Å². The van der Waals surface area contributed by atoms with Gasteiger partial charge in [0.1, 0.15) is 0 Å². The summed E-state index contributed by atoms with van der Waals surface area (Å²) in [5, 5.41) is 1.82. The van der Waals surface area contributed by atoms with Crippen LogP contribution in [0.2, 0.25) is 10.3 Å². The fraction of sp³-hybridized carbons (Fsp3) is 0.391. The van der Waals surface area contributed by atoms with E-state index in [1.807, 2.05) is 18.2 Å². The Hall–Kier alpha value is -1.88. The highest BCUT2D eigenvalue weighted by Crippen LogP contribution is 2.32. The van der Waals surface area contributed by atoms with Gasteiger partial charge in [-0.05, 0) is 47.3 Å². The van der Waals surface area contributed by atoms with Crippen LogP contribution in [0.3, 0.4) is 0 Å². The van der Waals surface area contributed by atoms with Crippen molar-refractivity contribution in [2.75, 3.05) is 37.6 Å². The molecule has 152 valence electrons. The lowest BCUT2D eigenvalue weighted by Gasteiger charge is -2.39. The van der Waals surface area contributed by atoms with Crippen LogP contribution < -0.4 is 4.90 Å². The van der Waals surface area contributed by atoms with Crippen LogP contribution in [-0.2, 0) is 0 Å². The second-order valence-corrected chi connectivity index (χ2v) is 9.65. The third-order valence-electron chi connectivity index (χ3n) is 5.19. The van der Waals surface area contributed by atoms with Gasteiger partial charge in [-0.2, -0.15) is 0 Å². The number of rotatable bonds is 3. The number of nitrogens with zero attached hydrogens (tertiary/aromatic N) is 4. The Morgan fingerprint density at radius 2 is 1.69 bits per heavy atom. The van der Waals surface area contributed by atoms with Crippen LogP contribution >= 0.6 is 23.2 Å². The molecule has 1 aromatic heterocycles. The van der Waals surface area contributed by atoms with Crippen molar-refractivity contribution in [3.05, 3.63) is 52.8 Å². The maximum absolute atomic E-state index is 6.23. The second-order valence-electron chi connectivity index (χ2n) is 8.88. The lowest BCUT2D eigenvalue weighted by atomic mass is 9.96. The monoisotopic (exact) mass is 428 g/mol. The molecule has 4 rings (SSSR count). The number of anilines is 1. The summed E-state index contributed by atoms with van der Waals surface area (Å²) in [6.45, 7) is 12.2. The van der Waals surface area contributed by atoms with Crippen LogP contribution in [0.5, 0.6) is 0 Å². The molecule has 0 radical (unpaired) electrons. The lowest BCUT2D eigenvalue weighted by molar-refractivity contribution is 0.182. The van der Waals surface area contributed by atoms with Crippen LogP contribution in [0.4, 0.5) is 5.69 Å². The van der Waals surface area contributed by atoms with Gasteiger partial charge in [-0.3, -0.25) is 4.90 Å². The fourth-order valence-electron chi connectivity index (χ4n) is 3.98. The van der Waals surface area contributed by atoms with E-state index >= 15 is 0 Å². The molecular weight excluding hydrogens is 403 g/mol. The number of benzene rings is 2. The summed E-state index contributed by atoms with van der Waals surface area (Å²) in [7, 11) is 0. The van der Waals surface area contributed by atoms with Crippen LogP contribution in [0.25, 0.3) is 22.2 Å². The van der Waals surface area contributed by atoms with E-state index in [9.17, 15) is 0 Å². The standard InChI is InChI=1S/C23H26Cl2N4/c1-23(2,3)15-28-9-11-29(12-10-28)18-6-4-5-16(13-18)21-19-14-17(24)7-8-20(19)26-22(25)27-21/h4-8,13-14H,9-12,15H2,1-3H3. The molecule has 1 aliphatic rings. The van der Waals surface area contributed by atoms with E-state index in [4.69, 9.17) is 23.2 Å². The summed E-state index contributed by atoms with van der Waals surface area (Å²) in [5.74, 6) is 0. The van der Waals surface area contributed by atoms with E-state index in [1.165, 1.54) is 5.69 Å². The number of piperazine rings is 1.